The highest BCUT2D eigenvalue weighted by molar-refractivity contribution is 8.01. The number of sulfone groups is 1. The van der Waals surface area contributed by atoms with Crippen LogP contribution in [0.5, 0.6) is 0 Å². The quantitative estimate of drug-likeness (QED) is 0.771. The molecular formula is C10H19NO4S2. The van der Waals surface area contributed by atoms with Crippen molar-refractivity contribution >= 4 is 27.6 Å². The first-order valence-electron chi connectivity index (χ1n) is 5.72. The van der Waals surface area contributed by atoms with Crippen LogP contribution in [0.15, 0.2) is 0 Å². The Morgan fingerprint density at radius 1 is 1.53 bits per heavy atom. The second-order valence-corrected chi connectivity index (χ2v) is 7.61. The van der Waals surface area contributed by atoms with E-state index >= 15 is 0 Å². The number of carbonyl (C=O) groups is 1. The third-order valence-electron chi connectivity index (χ3n) is 2.84. The molecule has 5 nitrogen and oxygen atoms in total. The molecule has 1 saturated heterocycles. The van der Waals surface area contributed by atoms with Crippen molar-refractivity contribution < 1.29 is 18.3 Å². The summed E-state index contributed by atoms with van der Waals surface area (Å²) in [4.78, 5) is 12.3. The molecule has 0 radical (unpaired) electrons. The van der Waals surface area contributed by atoms with Gasteiger partial charge in [0.05, 0.1) is 0 Å². The minimum atomic E-state index is -3.06. The molecule has 0 aromatic rings. The molecule has 0 aromatic carbocycles. The Hall–Kier alpha value is -0.270. The number of rotatable bonds is 6. The molecule has 1 unspecified atom stereocenters. The van der Waals surface area contributed by atoms with Crippen molar-refractivity contribution in [1.29, 1.82) is 0 Å². The van der Waals surface area contributed by atoms with Crippen LogP contribution in [0.1, 0.15) is 19.8 Å². The van der Waals surface area contributed by atoms with Crippen molar-refractivity contribution in [2.24, 2.45) is 0 Å². The van der Waals surface area contributed by atoms with Crippen LogP contribution >= 0.6 is 11.8 Å². The van der Waals surface area contributed by atoms with Gasteiger partial charge >= 0.3 is 5.97 Å². The molecule has 0 spiro atoms. The van der Waals surface area contributed by atoms with E-state index in [1.807, 2.05) is 4.90 Å². The highest BCUT2D eigenvalue weighted by Crippen LogP contribution is 2.21. The second kappa shape index (κ2) is 6.61. The van der Waals surface area contributed by atoms with Crippen LogP contribution in [-0.4, -0.2) is 60.1 Å². The summed E-state index contributed by atoms with van der Waals surface area (Å²) >= 11 is 1.65. The molecule has 100 valence electrons. The summed E-state index contributed by atoms with van der Waals surface area (Å²) in [7, 11) is -3.06. The maximum atomic E-state index is 11.9. The fraction of sp³-hybridized carbons (Fsp3) is 0.900. The van der Waals surface area contributed by atoms with Crippen LogP contribution in [0.4, 0.5) is 0 Å². The lowest BCUT2D eigenvalue weighted by Crippen LogP contribution is -2.48. The van der Waals surface area contributed by atoms with Crippen LogP contribution in [0, 0.1) is 0 Å². The number of thioether (sulfide) groups is 1. The van der Waals surface area contributed by atoms with Crippen LogP contribution in [-0.2, 0) is 14.6 Å². The van der Waals surface area contributed by atoms with Crippen molar-refractivity contribution in [2.45, 2.75) is 25.1 Å². The van der Waals surface area contributed by atoms with E-state index in [4.69, 9.17) is 5.11 Å². The SMILES string of the molecule is CCS(=O)(=O)C1CSCCN1CCCC(=O)O. The standard InChI is InChI=1S/C10H19NO4S2/c1-2-17(14,15)9-8-16-7-6-11(9)5-3-4-10(12)13/h9H,2-8H2,1H3,(H,12,13). The Labute approximate surface area is 106 Å². The molecule has 17 heavy (non-hydrogen) atoms. The Bertz CT molecular complexity index is 355. The molecule has 0 aliphatic carbocycles. The lowest BCUT2D eigenvalue weighted by atomic mass is 10.3. The molecule has 0 aromatic heterocycles. The molecule has 1 aliphatic heterocycles. The fourth-order valence-corrected chi connectivity index (χ4v) is 4.94. The van der Waals surface area contributed by atoms with Gasteiger partial charge in [-0.15, -0.1) is 0 Å². The summed E-state index contributed by atoms with van der Waals surface area (Å²) in [6.07, 6.45) is 0.609. The third kappa shape index (κ3) is 4.48. The first-order chi connectivity index (χ1) is 7.97. The van der Waals surface area contributed by atoms with Gasteiger partial charge in [0.15, 0.2) is 9.84 Å². The average molecular weight is 281 g/mol. The predicted octanol–water partition coefficient (Wildman–Crippen LogP) is 0.661. The molecule has 1 heterocycles. The molecule has 0 bridgehead atoms. The largest absolute Gasteiger partial charge is 0.481 e. The molecule has 1 N–H and O–H groups in total. The van der Waals surface area contributed by atoms with Crippen LogP contribution in [0.25, 0.3) is 0 Å². The maximum Gasteiger partial charge on any atom is 0.303 e. The summed E-state index contributed by atoms with van der Waals surface area (Å²) in [6, 6.07) is 0. The van der Waals surface area contributed by atoms with Crippen LogP contribution in [0.3, 0.4) is 0 Å². The van der Waals surface area contributed by atoms with Gasteiger partial charge in [-0.1, -0.05) is 6.92 Å². The van der Waals surface area contributed by atoms with Crippen molar-refractivity contribution in [3.05, 3.63) is 0 Å². The molecule has 7 heteroatoms. The number of carboxylic acids is 1. The monoisotopic (exact) mass is 281 g/mol. The van der Waals surface area contributed by atoms with Crippen molar-refractivity contribution in [1.82, 2.24) is 4.90 Å². The molecule has 0 amide bonds. The average Bonchev–Trinajstić information content (AvgIpc) is 2.29. The summed E-state index contributed by atoms with van der Waals surface area (Å²) < 4.78 is 23.8. The van der Waals surface area contributed by atoms with Gasteiger partial charge in [-0.3, -0.25) is 9.69 Å². The van der Waals surface area contributed by atoms with Gasteiger partial charge in [-0.25, -0.2) is 8.42 Å². The molecule has 0 saturated carbocycles. The Morgan fingerprint density at radius 3 is 2.82 bits per heavy atom. The molecule has 1 atom stereocenters. The first kappa shape index (κ1) is 14.8. The lowest BCUT2D eigenvalue weighted by Gasteiger charge is -2.34. The van der Waals surface area contributed by atoms with E-state index < -0.39 is 21.2 Å². The zero-order chi connectivity index (χ0) is 12.9. The van der Waals surface area contributed by atoms with Crippen molar-refractivity contribution in [3.8, 4) is 0 Å². The topological polar surface area (TPSA) is 74.7 Å². The zero-order valence-electron chi connectivity index (χ0n) is 9.96. The van der Waals surface area contributed by atoms with Gasteiger partial charge in [-0.05, 0) is 13.0 Å². The molecular weight excluding hydrogens is 262 g/mol. The van der Waals surface area contributed by atoms with Crippen LogP contribution < -0.4 is 0 Å². The Morgan fingerprint density at radius 2 is 2.24 bits per heavy atom. The molecule has 1 fully saturated rings. The number of hydrogen-bond donors (Lipinski definition) is 1. The minimum absolute atomic E-state index is 0.0997. The van der Waals surface area contributed by atoms with Gasteiger partial charge in [-0.2, -0.15) is 11.8 Å². The van der Waals surface area contributed by atoms with E-state index in [2.05, 4.69) is 0 Å². The van der Waals surface area contributed by atoms with E-state index in [-0.39, 0.29) is 12.2 Å². The zero-order valence-corrected chi connectivity index (χ0v) is 11.6. The number of carboxylic acid groups (broad SMARTS) is 1. The number of hydrogen-bond acceptors (Lipinski definition) is 5. The van der Waals surface area contributed by atoms with E-state index in [1.54, 1.807) is 18.7 Å². The number of aliphatic carboxylic acids is 1. The van der Waals surface area contributed by atoms with E-state index in [0.717, 1.165) is 12.3 Å². The fourth-order valence-electron chi connectivity index (χ4n) is 1.83. The molecule has 1 aliphatic rings. The van der Waals surface area contributed by atoms with E-state index in [0.29, 0.717) is 18.7 Å². The predicted molar refractivity (Wildman–Crippen MR) is 69.0 cm³/mol. The highest BCUT2D eigenvalue weighted by atomic mass is 32.2. The third-order valence-corrected chi connectivity index (χ3v) is 6.18. The van der Waals surface area contributed by atoms with Gasteiger partial charge in [0.2, 0.25) is 0 Å². The van der Waals surface area contributed by atoms with E-state index in [9.17, 15) is 13.2 Å². The lowest BCUT2D eigenvalue weighted by molar-refractivity contribution is -0.137. The minimum Gasteiger partial charge on any atom is -0.481 e. The van der Waals surface area contributed by atoms with E-state index in [1.165, 1.54) is 0 Å². The normalized spacial score (nSPS) is 22.5. The number of nitrogens with zero attached hydrogens (tertiary/aromatic N) is 1. The maximum absolute atomic E-state index is 11.9. The summed E-state index contributed by atoms with van der Waals surface area (Å²) in [5, 5.41) is 8.14. The molecule has 1 rings (SSSR count). The van der Waals surface area contributed by atoms with Crippen molar-refractivity contribution in [2.75, 3.05) is 30.3 Å². The summed E-state index contributed by atoms with van der Waals surface area (Å²) in [6.45, 7) is 2.94. The van der Waals surface area contributed by atoms with Gasteiger partial charge in [0.1, 0.15) is 5.37 Å². The van der Waals surface area contributed by atoms with Gasteiger partial charge < -0.3 is 5.11 Å². The summed E-state index contributed by atoms with van der Waals surface area (Å²) in [5.74, 6) is 0.839. The summed E-state index contributed by atoms with van der Waals surface area (Å²) in [5.41, 5.74) is 0. The van der Waals surface area contributed by atoms with Crippen LogP contribution in [0.2, 0.25) is 0 Å². The Kier molecular flexibility index (Phi) is 5.75. The smallest absolute Gasteiger partial charge is 0.303 e. The van der Waals surface area contributed by atoms with Gasteiger partial charge in [0.25, 0.3) is 0 Å². The van der Waals surface area contributed by atoms with Gasteiger partial charge in [0, 0.05) is 30.2 Å². The Balaban J connectivity index is 2.57. The van der Waals surface area contributed by atoms with Crippen molar-refractivity contribution in [3.63, 3.8) is 0 Å². The second-order valence-electron chi connectivity index (χ2n) is 4.01. The first-order valence-corrected chi connectivity index (χ1v) is 8.59. The highest BCUT2D eigenvalue weighted by Gasteiger charge is 2.32.